The van der Waals surface area contributed by atoms with Crippen molar-refractivity contribution < 1.29 is 13.2 Å². The molecule has 29 heavy (non-hydrogen) atoms. The standard InChI is InChI=1S/C22H21BrN2O3S/c1-16-20(11-12-21(25-16)17-7-5-8-18(23)15-17)22(26)24-13-6-14-29(27,28)19-9-3-2-4-10-19/h2-5,7-12,15H,6,13-14H2,1H3,(H,24,26). The Labute approximate surface area is 179 Å². The van der Waals surface area contributed by atoms with Crippen LogP contribution in [0.4, 0.5) is 0 Å². The van der Waals surface area contributed by atoms with Crippen molar-refractivity contribution in [2.45, 2.75) is 18.2 Å². The number of benzene rings is 2. The van der Waals surface area contributed by atoms with Crippen molar-refractivity contribution in [1.29, 1.82) is 0 Å². The normalized spacial score (nSPS) is 11.2. The lowest BCUT2D eigenvalue weighted by atomic mass is 10.1. The maximum atomic E-state index is 12.5. The lowest BCUT2D eigenvalue weighted by Gasteiger charge is -2.10. The molecule has 0 saturated heterocycles. The van der Waals surface area contributed by atoms with E-state index in [0.29, 0.717) is 22.6 Å². The third-order valence-corrected chi connectivity index (χ3v) is 6.74. The molecule has 1 aromatic heterocycles. The number of aryl methyl sites for hydroxylation is 1. The van der Waals surface area contributed by atoms with E-state index in [2.05, 4.69) is 26.2 Å². The lowest BCUT2D eigenvalue weighted by Crippen LogP contribution is -2.27. The van der Waals surface area contributed by atoms with Crippen LogP contribution in [0.3, 0.4) is 0 Å². The van der Waals surface area contributed by atoms with Gasteiger partial charge in [-0.1, -0.05) is 46.3 Å². The molecule has 0 unspecified atom stereocenters. The largest absolute Gasteiger partial charge is 0.352 e. The van der Waals surface area contributed by atoms with E-state index in [-0.39, 0.29) is 18.2 Å². The maximum absolute atomic E-state index is 12.5. The number of rotatable bonds is 7. The third kappa shape index (κ3) is 5.52. The van der Waals surface area contributed by atoms with E-state index in [1.807, 2.05) is 30.3 Å². The van der Waals surface area contributed by atoms with Gasteiger partial charge in [0.15, 0.2) is 9.84 Å². The van der Waals surface area contributed by atoms with Gasteiger partial charge >= 0.3 is 0 Å². The second kappa shape index (κ2) is 9.33. The molecule has 3 rings (SSSR count). The van der Waals surface area contributed by atoms with E-state index in [1.54, 1.807) is 43.3 Å². The maximum Gasteiger partial charge on any atom is 0.253 e. The van der Waals surface area contributed by atoms with Gasteiger partial charge in [0.05, 0.1) is 27.6 Å². The molecule has 1 heterocycles. The van der Waals surface area contributed by atoms with Crippen molar-refractivity contribution in [3.63, 3.8) is 0 Å². The summed E-state index contributed by atoms with van der Waals surface area (Å²) in [6.07, 6.45) is 0.339. The number of nitrogens with zero attached hydrogens (tertiary/aromatic N) is 1. The summed E-state index contributed by atoms with van der Waals surface area (Å²) in [6.45, 7) is 2.06. The summed E-state index contributed by atoms with van der Waals surface area (Å²) in [5.74, 6) is -0.274. The molecule has 1 amide bonds. The van der Waals surface area contributed by atoms with Crippen LogP contribution in [0.2, 0.25) is 0 Å². The average Bonchev–Trinajstić information content (AvgIpc) is 2.71. The minimum absolute atomic E-state index is 0.0175. The number of aromatic nitrogens is 1. The Morgan fingerprint density at radius 3 is 2.48 bits per heavy atom. The molecule has 0 aliphatic carbocycles. The van der Waals surface area contributed by atoms with Gasteiger partial charge in [0.25, 0.3) is 5.91 Å². The van der Waals surface area contributed by atoms with Gasteiger partial charge in [-0.2, -0.15) is 0 Å². The Bertz CT molecular complexity index is 1120. The Morgan fingerprint density at radius 1 is 1.03 bits per heavy atom. The van der Waals surface area contributed by atoms with Crippen LogP contribution in [-0.2, 0) is 9.84 Å². The fraction of sp³-hybridized carbons (Fsp3) is 0.182. The predicted octanol–water partition coefficient (Wildman–Crippen LogP) is 4.41. The summed E-state index contributed by atoms with van der Waals surface area (Å²) in [5.41, 5.74) is 2.85. The van der Waals surface area contributed by atoms with Crippen LogP contribution in [0.25, 0.3) is 11.3 Å². The van der Waals surface area contributed by atoms with E-state index in [4.69, 9.17) is 0 Å². The molecule has 0 bridgehead atoms. The first-order valence-corrected chi connectivity index (χ1v) is 11.6. The molecular weight excluding hydrogens is 452 g/mol. The van der Waals surface area contributed by atoms with Crippen LogP contribution in [0.1, 0.15) is 22.5 Å². The van der Waals surface area contributed by atoms with Crippen molar-refractivity contribution in [2.24, 2.45) is 0 Å². The zero-order chi connectivity index (χ0) is 20.9. The first kappa shape index (κ1) is 21.2. The van der Waals surface area contributed by atoms with Gasteiger partial charge in [-0.15, -0.1) is 0 Å². The van der Waals surface area contributed by atoms with E-state index >= 15 is 0 Å². The summed E-state index contributed by atoms with van der Waals surface area (Å²) < 4.78 is 25.5. The minimum atomic E-state index is -3.34. The predicted molar refractivity (Wildman–Crippen MR) is 118 cm³/mol. The highest BCUT2D eigenvalue weighted by Crippen LogP contribution is 2.22. The number of pyridine rings is 1. The summed E-state index contributed by atoms with van der Waals surface area (Å²) >= 11 is 3.44. The van der Waals surface area contributed by atoms with Crippen LogP contribution >= 0.6 is 15.9 Å². The van der Waals surface area contributed by atoms with Gasteiger partial charge in [-0.25, -0.2) is 8.42 Å². The van der Waals surface area contributed by atoms with Crippen LogP contribution in [0, 0.1) is 6.92 Å². The number of hydrogen-bond donors (Lipinski definition) is 1. The van der Waals surface area contributed by atoms with E-state index in [0.717, 1.165) is 15.7 Å². The van der Waals surface area contributed by atoms with E-state index < -0.39 is 9.84 Å². The molecule has 0 aliphatic rings. The highest BCUT2D eigenvalue weighted by molar-refractivity contribution is 9.10. The van der Waals surface area contributed by atoms with Crippen LogP contribution in [-0.4, -0.2) is 31.6 Å². The van der Waals surface area contributed by atoms with Crippen molar-refractivity contribution in [3.8, 4) is 11.3 Å². The van der Waals surface area contributed by atoms with Crippen molar-refractivity contribution in [2.75, 3.05) is 12.3 Å². The second-order valence-corrected chi connectivity index (χ2v) is 9.61. The first-order valence-electron chi connectivity index (χ1n) is 9.16. The van der Waals surface area contributed by atoms with E-state index in [9.17, 15) is 13.2 Å². The highest BCUT2D eigenvalue weighted by Gasteiger charge is 2.15. The fourth-order valence-corrected chi connectivity index (χ4v) is 4.65. The quantitative estimate of drug-likeness (QED) is 0.516. The summed E-state index contributed by atoms with van der Waals surface area (Å²) in [5, 5.41) is 2.78. The monoisotopic (exact) mass is 472 g/mol. The fourth-order valence-electron chi connectivity index (χ4n) is 2.91. The first-order chi connectivity index (χ1) is 13.9. The molecule has 150 valence electrons. The molecule has 5 nitrogen and oxygen atoms in total. The number of hydrogen-bond acceptors (Lipinski definition) is 4. The molecular formula is C22H21BrN2O3S. The number of carbonyl (C=O) groups is 1. The van der Waals surface area contributed by atoms with Crippen LogP contribution < -0.4 is 5.32 Å². The van der Waals surface area contributed by atoms with Crippen molar-refractivity contribution in [3.05, 3.63) is 82.5 Å². The molecule has 7 heteroatoms. The molecule has 2 aromatic carbocycles. The number of nitrogens with one attached hydrogen (secondary N) is 1. The van der Waals surface area contributed by atoms with Crippen LogP contribution in [0.5, 0.6) is 0 Å². The van der Waals surface area contributed by atoms with Gasteiger partial charge < -0.3 is 5.32 Å². The minimum Gasteiger partial charge on any atom is -0.352 e. The lowest BCUT2D eigenvalue weighted by molar-refractivity contribution is 0.0952. The number of halogens is 1. The zero-order valence-electron chi connectivity index (χ0n) is 15.9. The molecule has 0 aliphatic heterocycles. The van der Waals surface area contributed by atoms with Gasteiger partial charge in [0.1, 0.15) is 0 Å². The molecule has 0 fully saturated rings. The van der Waals surface area contributed by atoms with Gasteiger partial charge in [-0.3, -0.25) is 9.78 Å². The number of sulfone groups is 1. The topological polar surface area (TPSA) is 76.1 Å². The average molecular weight is 473 g/mol. The SMILES string of the molecule is Cc1nc(-c2cccc(Br)c2)ccc1C(=O)NCCCS(=O)(=O)c1ccccc1. The van der Waals surface area contributed by atoms with Crippen LogP contribution in [0.15, 0.2) is 76.1 Å². The molecule has 1 N–H and O–H groups in total. The summed E-state index contributed by atoms with van der Waals surface area (Å²) in [4.78, 5) is 17.3. The number of carbonyl (C=O) groups excluding carboxylic acids is 1. The Hall–Kier alpha value is -2.51. The number of amides is 1. The highest BCUT2D eigenvalue weighted by atomic mass is 79.9. The summed E-state index contributed by atoms with van der Waals surface area (Å²) in [7, 11) is -3.34. The Kier molecular flexibility index (Phi) is 6.82. The Balaban J connectivity index is 1.58. The molecule has 0 saturated carbocycles. The molecule has 0 spiro atoms. The summed E-state index contributed by atoms with van der Waals surface area (Å²) in [6, 6.07) is 19.7. The third-order valence-electron chi connectivity index (χ3n) is 4.43. The smallest absolute Gasteiger partial charge is 0.253 e. The molecule has 0 atom stereocenters. The second-order valence-electron chi connectivity index (χ2n) is 6.58. The van der Waals surface area contributed by atoms with Gasteiger partial charge in [-0.05, 0) is 49.7 Å². The zero-order valence-corrected chi connectivity index (χ0v) is 18.3. The molecule has 3 aromatic rings. The molecule has 0 radical (unpaired) electrons. The van der Waals surface area contributed by atoms with Gasteiger partial charge in [0, 0.05) is 16.6 Å². The van der Waals surface area contributed by atoms with E-state index in [1.165, 1.54) is 0 Å². The van der Waals surface area contributed by atoms with Crippen molar-refractivity contribution in [1.82, 2.24) is 10.3 Å². The van der Waals surface area contributed by atoms with Gasteiger partial charge in [0.2, 0.25) is 0 Å². The Morgan fingerprint density at radius 2 is 1.79 bits per heavy atom. The van der Waals surface area contributed by atoms with Crippen molar-refractivity contribution >= 4 is 31.7 Å².